The van der Waals surface area contributed by atoms with E-state index in [0.717, 1.165) is 13.1 Å². The van der Waals surface area contributed by atoms with Gasteiger partial charge in [0, 0.05) is 17.0 Å². The van der Waals surface area contributed by atoms with Crippen LogP contribution in [0.1, 0.15) is 6.92 Å². The number of carbonyl (C=O) groups is 1. The van der Waals surface area contributed by atoms with Gasteiger partial charge >= 0.3 is 6.18 Å². The van der Waals surface area contributed by atoms with Gasteiger partial charge in [-0.05, 0) is 31.1 Å². The second-order valence-corrected chi connectivity index (χ2v) is 5.68. The number of hydrogen-bond donors (Lipinski definition) is 2. The van der Waals surface area contributed by atoms with Crippen molar-refractivity contribution in [1.82, 2.24) is 5.32 Å². The van der Waals surface area contributed by atoms with E-state index in [-0.39, 0.29) is 34.2 Å². The number of rotatable bonds is 5. The Morgan fingerprint density at radius 3 is 2.73 bits per heavy atom. The fourth-order valence-corrected chi connectivity index (χ4v) is 2.17. The fraction of sp³-hybridized carbons (Fsp3) is 0.500. The molecule has 1 aliphatic rings. The lowest BCUT2D eigenvalue weighted by Crippen LogP contribution is -2.48. The Morgan fingerprint density at radius 1 is 1.50 bits per heavy atom. The topological polar surface area (TPSA) is 50.4 Å². The van der Waals surface area contributed by atoms with Crippen molar-refractivity contribution in [2.75, 3.05) is 25.0 Å². The number of anilines is 1. The van der Waals surface area contributed by atoms with Crippen molar-refractivity contribution < 1.29 is 22.7 Å². The number of hydrogen-bond acceptors (Lipinski definition) is 3. The van der Waals surface area contributed by atoms with Gasteiger partial charge in [-0.25, -0.2) is 0 Å². The number of benzene rings is 1. The van der Waals surface area contributed by atoms with E-state index in [0.29, 0.717) is 0 Å². The molecule has 1 amide bonds. The fourth-order valence-electron chi connectivity index (χ4n) is 2.00. The highest BCUT2D eigenvalue weighted by Crippen LogP contribution is 2.30. The minimum Gasteiger partial charge on any atom is -0.482 e. The van der Waals surface area contributed by atoms with E-state index in [1.165, 1.54) is 18.2 Å². The van der Waals surface area contributed by atoms with E-state index in [1.807, 2.05) is 0 Å². The Labute approximate surface area is 131 Å². The van der Waals surface area contributed by atoms with Crippen molar-refractivity contribution >= 4 is 23.2 Å². The number of alkyl halides is 3. The Bertz CT molecular complexity index is 547. The summed E-state index contributed by atoms with van der Waals surface area (Å²) in [5, 5.41) is 5.90. The number of halogens is 4. The van der Waals surface area contributed by atoms with Crippen molar-refractivity contribution in [3.8, 4) is 5.75 Å². The Hall–Kier alpha value is -1.47. The van der Waals surface area contributed by atoms with Crippen LogP contribution in [0.3, 0.4) is 0 Å². The first-order valence-corrected chi connectivity index (χ1v) is 7.15. The van der Waals surface area contributed by atoms with E-state index in [4.69, 9.17) is 16.3 Å². The van der Waals surface area contributed by atoms with Gasteiger partial charge in [-0.1, -0.05) is 18.5 Å². The first kappa shape index (κ1) is 16.9. The predicted octanol–water partition coefficient (Wildman–Crippen LogP) is 3.08. The summed E-state index contributed by atoms with van der Waals surface area (Å²) in [6.07, 6.45) is -4.46. The normalized spacial score (nSPS) is 16.8. The Balaban J connectivity index is 2.07. The van der Waals surface area contributed by atoms with Crippen LogP contribution in [-0.4, -0.2) is 31.8 Å². The zero-order chi connectivity index (χ0) is 16.3. The summed E-state index contributed by atoms with van der Waals surface area (Å²) in [5.74, 6) is -0.373. The van der Waals surface area contributed by atoms with Gasteiger partial charge in [0.05, 0.1) is 5.69 Å². The molecule has 2 N–H and O–H groups in total. The summed E-state index contributed by atoms with van der Waals surface area (Å²) in [4.78, 5) is 12.1. The Morgan fingerprint density at radius 2 is 2.18 bits per heavy atom. The molecule has 122 valence electrons. The van der Waals surface area contributed by atoms with Gasteiger partial charge < -0.3 is 15.4 Å². The van der Waals surface area contributed by atoms with Crippen molar-refractivity contribution in [1.29, 1.82) is 0 Å². The SMILES string of the molecule is CC(C(=O)Nc1ccc(Cl)cc1OCC(F)(F)F)C1CNC1. The molecule has 0 radical (unpaired) electrons. The van der Waals surface area contributed by atoms with E-state index >= 15 is 0 Å². The molecule has 0 spiro atoms. The van der Waals surface area contributed by atoms with Crippen molar-refractivity contribution in [2.24, 2.45) is 11.8 Å². The first-order valence-electron chi connectivity index (χ1n) is 6.77. The summed E-state index contributed by atoms with van der Waals surface area (Å²) >= 11 is 5.77. The lowest BCUT2D eigenvalue weighted by atomic mass is 9.88. The van der Waals surface area contributed by atoms with Crippen molar-refractivity contribution in [3.63, 3.8) is 0 Å². The van der Waals surface area contributed by atoms with E-state index in [2.05, 4.69) is 10.6 Å². The standard InChI is InChI=1S/C14H16ClF3N2O2/c1-8(9-5-19-6-9)13(21)20-11-3-2-10(15)4-12(11)22-7-14(16,17)18/h2-4,8-9,19H,5-7H2,1H3,(H,20,21). The van der Waals surface area contributed by atoms with Crippen LogP contribution in [0.15, 0.2) is 18.2 Å². The molecule has 8 heteroatoms. The van der Waals surface area contributed by atoms with Crippen LogP contribution in [0.2, 0.25) is 5.02 Å². The minimum atomic E-state index is -4.46. The zero-order valence-electron chi connectivity index (χ0n) is 11.8. The monoisotopic (exact) mass is 336 g/mol. The third kappa shape index (κ3) is 4.51. The van der Waals surface area contributed by atoms with Crippen LogP contribution < -0.4 is 15.4 Å². The molecular formula is C14H16ClF3N2O2. The molecule has 1 aromatic carbocycles. The quantitative estimate of drug-likeness (QED) is 0.869. The van der Waals surface area contributed by atoms with Crippen molar-refractivity contribution in [3.05, 3.63) is 23.2 Å². The largest absolute Gasteiger partial charge is 0.482 e. The third-order valence-electron chi connectivity index (χ3n) is 3.53. The minimum absolute atomic E-state index is 0.0999. The zero-order valence-corrected chi connectivity index (χ0v) is 12.6. The smallest absolute Gasteiger partial charge is 0.422 e. The predicted molar refractivity (Wildman–Crippen MR) is 77.2 cm³/mol. The average Bonchev–Trinajstić information content (AvgIpc) is 2.36. The third-order valence-corrected chi connectivity index (χ3v) is 3.76. The number of nitrogens with one attached hydrogen (secondary N) is 2. The first-order chi connectivity index (χ1) is 10.3. The van der Waals surface area contributed by atoms with Gasteiger partial charge in [0.1, 0.15) is 5.75 Å². The summed E-state index contributed by atoms with van der Waals surface area (Å²) in [7, 11) is 0. The second kappa shape index (κ2) is 6.75. The van der Waals surface area contributed by atoms with Crippen LogP contribution in [0.4, 0.5) is 18.9 Å². The van der Waals surface area contributed by atoms with Gasteiger partial charge in [0.25, 0.3) is 0 Å². The highest BCUT2D eigenvalue weighted by Gasteiger charge is 2.30. The van der Waals surface area contributed by atoms with Gasteiger partial charge in [-0.2, -0.15) is 13.2 Å². The van der Waals surface area contributed by atoms with Crippen LogP contribution in [0, 0.1) is 11.8 Å². The van der Waals surface area contributed by atoms with E-state index in [1.54, 1.807) is 6.92 Å². The summed E-state index contributed by atoms with van der Waals surface area (Å²) in [6.45, 7) is 1.85. The lowest BCUT2D eigenvalue weighted by molar-refractivity contribution is -0.153. The molecule has 1 aliphatic heterocycles. The molecule has 4 nitrogen and oxygen atoms in total. The molecule has 0 bridgehead atoms. The molecule has 22 heavy (non-hydrogen) atoms. The summed E-state index contributed by atoms with van der Waals surface area (Å²) in [6, 6.07) is 4.16. The van der Waals surface area contributed by atoms with Gasteiger partial charge in [-0.3, -0.25) is 4.79 Å². The molecular weight excluding hydrogens is 321 g/mol. The van der Waals surface area contributed by atoms with Crippen LogP contribution >= 0.6 is 11.6 Å². The lowest BCUT2D eigenvalue weighted by Gasteiger charge is -2.31. The van der Waals surface area contributed by atoms with Crippen LogP contribution in [0.25, 0.3) is 0 Å². The molecule has 0 saturated carbocycles. The Kier molecular flexibility index (Phi) is 5.18. The maximum Gasteiger partial charge on any atom is 0.422 e. The van der Waals surface area contributed by atoms with Crippen LogP contribution in [-0.2, 0) is 4.79 Å². The number of amides is 1. The number of carbonyl (C=O) groups excluding carboxylic acids is 1. The molecule has 1 saturated heterocycles. The average molecular weight is 337 g/mol. The van der Waals surface area contributed by atoms with Gasteiger partial charge in [-0.15, -0.1) is 0 Å². The van der Waals surface area contributed by atoms with E-state index < -0.39 is 12.8 Å². The van der Waals surface area contributed by atoms with Gasteiger partial charge in [0.2, 0.25) is 5.91 Å². The summed E-state index contributed by atoms with van der Waals surface area (Å²) < 4.78 is 41.5. The number of ether oxygens (including phenoxy) is 1. The highest BCUT2D eigenvalue weighted by molar-refractivity contribution is 6.30. The molecule has 0 aliphatic carbocycles. The molecule has 1 aromatic rings. The maximum atomic E-state index is 12.3. The molecule has 0 aromatic heterocycles. The maximum absolute atomic E-state index is 12.3. The van der Waals surface area contributed by atoms with Gasteiger partial charge in [0.15, 0.2) is 6.61 Å². The van der Waals surface area contributed by atoms with Crippen LogP contribution in [0.5, 0.6) is 5.75 Å². The van der Waals surface area contributed by atoms with Crippen molar-refractivity contribution in [2.45, 2.75) is 13.1 Å². The second-order valence-electron chi connectivity index (χ2n) is 5.24. The molecule has 1 atom stereocenters. The summed E-state index contributed by atoms with van der Waals surface area (Å²) in [5.41, 5.74) is 0.179. The molecule has 1 unspecified atom stereocenters. The van der Waals surface area contributed by atoms with E-state index in [9.17, 15) is 18.0 Å². The molecule has 1 fully saturated rings. The highest BCUT2D eigenvalue weighted by atomic mass is 35.5. The molecule has 2 rings (SSSR count). The molecule has 1 heterocycles.